The molecule has 1 N–H and O–H groups in total. The molecular weight excluding hydrogens is 258 g/mol. The van der Waals surface area contributed by atoms with Crippen LogP contribution in [0.2, 0.25) is 0 Å². The molecule has 110 valence electrons. The first-order valence-corrected chi connectivity index (χ1v) is 6.87. The molecule has 1 heterocycles. The van der Waals surface area contributed by atoms with Crippen LogP contribution in [0, 0.1) is 16.0 Å². The van der Waals surface area contributed by atoms with E-state index >= 15 is 0 Å². The lowest BCUT2D eigenvalue weighted by Crippen LogP contribution is -2.36. The van der Waals surface area contributed by atoms with E-state index in [1.54, 1.807) is 6.07 Å². The molecule has 0 bridgehead atoms. The Morgan fingerprint density at radius 3 is 2.65 bits per heavy atom. The number of nitro groups is 1. The van der Waals surface area contributed by atoms with Crippen molar-refractivity contribution in [2.24, 2.45) is 5.92 Å². The molecule has 1 fully saturated rings. The summed E-state index contributed by atoms with van der Waals surface area (Å²) in [7, 11) is 3.50. The molecule has 1 saturated heterocycles. The second kappa shape index (κ2) is 6.56. The zero-order valence-corrected chi connectivity index (χ0v) is 12.0. The molecule has 0 saturated carbocycles. The number of hydrogen-bond acceptors (Lipinski definition) is 5. The molecule has 6 nitrogen and oxygen atoms in total. The minimum Gasteiger partial charge on any atom is -0.496 e. The third-order valence-corrected chi connectivity index (χ3v) is 3.80. The van der Waals surface area contributed by atoms with Gasteiger partial charge in [-0.2, -0.15) is 0 Å². The van der Waals surface area contributed by atoms with Crippen molar-refractivity contribution in [3.8, 4) is 5.75 Å². The summed E-state index contributed by atoms with van der Waals surface area (Å²) in [6, 6.07) is 4.95. The Morgan fingerprint density at radius 2 is 2.10 bits per heavy atom. The van der Waals surface area contributed by atoms with Gasteiger partial charge >= 0.3 is 0 Å². The maximum Gasteiger partial charge on any atom is 0.275 e. The van der Waals surface area contributed by atoms with Gasteiger partial charge in [-0.25, -0.2) is 0 Å². The zero-order valence-electron chi connectivity index (χ0n) is 12.0. The van der Waals surface area contributed by atoms with Gasteiger partial charge in [0.2, 0.25) is 0 Å². The summed E-state index contributed by atoms with van der Waals surface area (Å²) in [6.45, 7) is 2.89. The van der Waals surface area contributed by atoms with E-state index in [4.69, 9.17) is 4.74 Å². The van der Waals surface area contributed by atoms with Crippen LogP contribution < -0.4 is 15.0 Å². The lowest BCUT2D eigenvalue weighted by molar-refractivity contribution is -0.384. The third kappa shape index (κ3) is 3.39. The van der Waals surface area contributed by atoms with Gasteiger partial charge in [-0.15, -0.1) is 0 Å². The molecule has 0 aliphatic carbocycles. The maximum absolute atomic E-state index is 11.0. The Morgan fingerprint density at radius 1 is 1.40 bits per heavy atom. The number of anilines is 1. The molecule has 1 aliphatic rings. The van der Waals surface area contributed by atoms with E-state index in [0.29, 0.717) is 11.7 Å². The van der Waals surface area contributed by atoms with Gasteiger partial charge in [0.15, 0.2) is 0 Å². The molecule has 0 atom stereocenters. The number of hydrogen-bond donors (Lipinski definition) is 1. The first kappa shape index (κ1) is 14.6. The molecule has 20 heavy (non-hydrogen) atoms. The topological polar surface area (TPSA) is 67.6 Å². The van der Waals surface area contributed by atoms with Crippen LogP contribution in [0.3, 0.4) is 0 Å². The molecule has 1 aromatic carbocycles. The first-order valence-electron chi connectivity index (χ1n) is 6.87. The van der Waals surface area contributed by atoms with Gasteiger partial charge in [0.25, 0.3) is 5.69 Å². The first-order chi connectivity index (χ1) is 9.63. The number of ether oxygens (including phenoxy) is 1. The summed E-state index contributed by atoms with van der Waals surface area (Å²) in [4.78, 5) is 12.8. The van der Waals surface area contributed by atoms with Crippen LogP contribution in [0.1, 0.15) is 12.8 Å². The quantitative estimate of drug-likeness (QED) is 0.660. The molecule has 1 aromatic rings. The van der Waals surface area contributed by atoms with Crippen molar-refractivity contribution >= 4 is 11.4 Å². The van der Waals surface area contributed by atoms with E-state index in [2.05, 4.69) is 10.2 Å². The van der Waals surface area contributed by atoms with E-state index < -0.39 is 0 Å². The Kier molecular flexibility index (Phi) is 4.79. The summed E-state index contributed by atoms with van der Waals surface area (Å²) in [6.07, 6.45) is 2.21. The van der Waals surface area contributed by atoms with Gasteiger partial charge in [0, 0.05) is 30.9 Å². The number of piperidine rings is 1. The molecule has 0 unspecified atom stereocenters. The fourth-order valence-corrected chi connectivity index (χ4v) is 2.66. The summed E-state index contributed by atoms with van der Waals surface area (Å²) >= 11 is 0. The predicted octanol–water partition coefficient (Wildman–Crippen LogP) is 2.04. The van der Waals surface area contributed by atoms with Crippen molar-refractivity contribution < 1.29 is 9.66 Å². The predicted molar refractivity (Wildman–Crippen MR) is 78.5 cm³/mol. The normalized spacial score (nSPS) is 16.2. The van der Waals surface area contributed by atoms with Gasteiger partial charge in [-0.1, -0.05) is 0 Å². The van der Waals surface area contributed by atoms with Crippen LogP contribution in [0.4, 0.5) is 11.4 Å². The summed E-state index contributed by atoms with van der Waals surface area (Å²) in [5.74, 6) is 1.23. The van der Waals surface area contributed by atoms with Crippen LogP contribution in [0.25, 0.3) is 0 Å². The molecule has 0 amide bonds. The lowest BCUT2D eigenvalue weighted by atomic mass is 9.96. The van der Waals surface area contributed by atoms with Gasteiger partial charge in [-0.05, 0) is 32.4 Å². The van der Waals surface area contributed by atoms with Crippen LogP contribution in [-0.4, -0.2) is 38.7 Å². The van der Waals surface area contributed by atoms with Gasteiger partial charge in [-0.3, -0.25) is 10.1 Å². The van der Waals surface area contributed by atoms with Gasteiger partial charge in [0.1, 0.15) is 5.75 Å². The van der Waals surface area contributed by atoms with Crippen molar-refractivity contribution in [1.82, 2.24) is 5.32 Å². The number of non-ortho nitro benzene ring substituents is 1. The van der Waals surface area contributed by atoms with Crippen molar-refractivity contribution in [2.45, 2.75) is 12.8 Å². The summed E-state index contributed by atoms with van der Waals surface area (Å²) in [5.41, 5.74) is 0.954. The van der Waals surface area contributed by atoms with Crippen LogP contribution >= 0.6 is 0 Å². The van der Waals surface area contributed by atoms with Crippen LogP contribution in [-0.2, 0) is 0 Å². The Hall–Kier alpha value is -1.82. The number of methoxy groups -OCH3 is 1. The standard InChI is InChI=1S/C14H21N3O3/c1-15-10-11-3-5-16(6-4-11)12-7-13(17(18)19)9-14(8-12)20-2/h7-9,11,15H,3-6,10H2,1-2H3. The van der Waals surface area contributed by atoms with Crippen molar-refractivity contribution in [3.05, 3.63) is 28.3 Å². The smallest absolute Gasteiger partial charge is 0.275 e. The highest BCUT2D eigenvalue weighted by Crippen LogP contribution is 2.30. The number of nitrogens with zero attached hydrogens (tertiary/aromatic N) is 2. The average molecular weight is 279 g/mol. The Balaban J connectivity index is 2.12. The Labute approximate surface area is 118 Å². The van der Waals surface area contributed by atoms with E-state index in [-0.39, 0.29) is 10.6 Å². The molecular formula is C14H21N3O3. The van der Waals surface area contributed by atoms with Gasteiger partial charge in [0.05, 0.1) is 18.1 Å². The Bertz CT molecular complexity index is 471. The van der Waals surface area contributed by atoms with Crippen molar-refractivity contribution in [2.75, 3.05) is 38.7 Å². The van der Waals surface area contributed by atoms with E-state index in [0.717, 1.165) is 38.2 Å². The maximum atomic E-state index is 11.0. The highest BCUT2D eigenvalue weighted by molar-refractivity contribution is 5.58. The van der Waals surface area contributed by atoms with Crippen LogP contribution in [0.5, 0.6) is 5.75 Å². The molecule has 6 heteroatoms. The van der Waals surface area contributed by atoms with E-state index in [1.807, 2.05) is 13.1 Å². The number of benzene rings is 1. The fourth-order valence-electron chi connectivity index (χ4n) is 2.66. The second-order valence-electron chi connectivity index (χ2n) is 5.13. The lowest BCUT2D eigenvalue weighted by Gasteiger charge is -2.33. The van der Waals surface area contributed by atoms with Crippen molar-refractivity contribution in [3.63, 3.8) is 0 Å². The number of nitrogens with one attached hydrogen (secondary N) is 1. The molecule has 0 aromatic heterocycles. The molecule has 1 aliphatic heterocycles. The highest BCUT2D eigenvalue weighted by atomic mass is 16.6. The minimum atomic E-state index is -0.375. The minimum absolute atomic E-state index is 0.0803. The fraction of sp³-hybridized carbons (Fsp3) is 0.571. The zero-order chi connectivity index (χ0) is 14.5. The van der Waals surface area contributed by atoms with Crippen molar-refractivity contribution in [1.29, 1.82) is 0 Å². The van der Waals surface area contributed by atoms with E-state index in [9.17, 15) is 10.1 Å². The van der Waals surface area contributed by atoms with Gasteiger partial charge < -0.3 is 15.0 Å². The molecule has 0 radical (unpaired) electrons. The van der Waals surface area contributed by atoms with E-state index in [1.165, 1.54) is 13.2 Å². The van der Waals surface area contributed by atoms with Crippen LogP contribution in [0.15, 0.2) is 18.2 Å². The SMILES string of the molecule is CNCC1CCN(c2cc(OC)cc([N+](=O)[O-])c2)CC1. The highest BCUT2D eigenvalue weighted by Gasteiger charge is 2.21. The summed E-state index contributed by atoms with van der Waals surface area (Å²) < 4.78 is 5.16. The third-order valence-electron chi connectivity index (χ3n) is 3.80. The largest absolute Gasteiger partial charge is 0.496 e. The second-order valence-corrected chi connectivity index (χ2v) is 5.13. The summed E-state index contributed by atoms with van der Waals surface area (Å²) in [5, 5.41) is 14.2. The molecule has 0 spiro atoms. The molecule has 2 rings (SSSR count). The number of rotatable bonds is 5. The monoisotopic (exact) mass is 279 g/mol. The average Bonchev–Trinajstić information content (AvgIpc) is 2.47. The number of nitro benzene ring substituents is 1.